The summed E-state index contributed by atoms with van der Waals surface area (Å²) < 4.78 is 30.3. The zero-order chi connectivity index (χ0) is 20.9. The minimum Gasteiger partial charge on any atom is -0.504 e. The first-order chi connectivity index (χ1) is 13.1. The Labute approximate surface area is 164 Å². The van der Waals surface area contributed by atoms with Gasteiger partial charge in [-0.05, 0) is 49.2 Å². The van der Waals surface area contributed by atoms with E-state index in [9.17, 15) is 18.3 Å². The van der Waals surface area contributed by atoms with Crippen molar-refractivity contribution in [2.45, 2.75) is 13.8 Å². The first kappa shape index (κ1) is 21.2. The number of carbonyl (C=O) groups excluding carboxylic acids is 1. The first-order valence-corrected chi connectivity index (χ1v) is 10.2. The monoisotopic (exact) mass is 405 g/mol. The van der Waals surface area contributed by atoms with Crippen LogP contribution in [0, 0.1) is 13.8 Å². The molecule has 0 aromatic heterocycles. The van der Waals surface area contributed by atoms with Crippen molar-refractivity contribution < 1.29 is 23.1 Å². The van der Waals surface area contributed by atoms with E-state index < -0.39 is 22.5 Å². The number of carbonyl (C=O) groups is 1. The fourth-order valence-corrected chi connectivity index (χ4v) is 3.28. The summed E-state index contributed by atoms with van der Waals surface area (Å²) in [6, 6.07) is 9.98. The lowest BCUT2D eigenvalue weighted by molar-refractivity contribution is -0.119. The van der Waals surface area contributed by atoms with Gasteiger partial charge in [-0.15, -0.1) is 0 Å². The topological polar surface area (TPSA) is 108 Å². The van der Waals surface area contributed by atoms with E-state index in [1.807, 2.05) is 13.8 Å². The molecule has 0 bridgehead atoms. The highest BCUT2D eigenvalue weighted by Gasteiger charge is 2.21. The molecule has 2 rings (SSSR count). The number of phenolic OH excluding ortho intramolecular Hbond substituents is 1. The fourth-order valence-electron chi connectivity index (χ4n) is 2.43. The molecule has 0 saturated carbocycles. The third-order valence-corrected chi connectivity index (χ3v) is 5.25. The number of nitrogens with one attached hydrogen (secondary N) is 1. The predicted octanol–water partition coefficient (Wildman–Crippen LogP) is 1.93. The van der Waals surface area contributed by atoms with Gasteiger partial charge in [0.25, 0.3) is 5.91 Å². The van der Waals surface area contributed by atoms with Crippen molar-refractivity contribution in [1.29, 1.82) is 0 Å². The number of sulfonamides is 1. The minimum atomic E-state index is -3.67. The minimum absolute atomic E-state index is 0.115. The van der Waals surface area contributed by atoms with E-state index >= 15 is 0 Å². The molecule has 0 spiro atoms. The third kappa shape index (κ3) is 5.23. The molecular weight excluding hydrogens is 382 g/mol. The van der Waals surface area contributed by atoms with E-state index in [2.05, 4.69) is 10.5 Å². The standard InChI is InChI=1S/C19H23N3O5S/c1-13-8-9-16(10-14(13)2)22(28(4,25)26)12-18(23)21-20-11-15-6-5-7-17(27-3)19(15)24/h5-11,24H,12H2,1-4H3,(H,21,23)/b20-11-. The lowest BCUT2D eigenvalue weighted by Crippen LogP contribution is -2.39. The number of aryl methyl sites for hydroxylation is 2. The number of rotatable bonds is 7. The van der Waals surface area contributed by atoms with Crippen LogP contribution in [0.4, 0.5) is 5.69 Å². The van der Waals surface area contributed by atoms with Gasteiger partial charge in [-0.3, -0.25) is 9.10 Å². The van der Waals surface area contributed by atoms with E-state index in [4.69, 9.17) is 4.74 Å². The van der Waals surface area contributed by atoms with Crippen LogP contribution in [-0.2, 0) is 14.8 Å². The van der Waals surface area contributed by atoms with Crippen LogP contribution in [-0.4, -0.2) is 45.6 Å². The number of aromatic hydroxyl groups is 1. The molecule has 0 fully saturated rings. The fraction of sp³-hybridized carbons (Fsp3) is 0.263. The third-order valence-electron chi connectivity index (χ3n) is 4.11. The Kier molecular flexibility index (Phi) is 6.63. The summed E-state index contributed by atoms with van der Waals surface area (Å²) in [5, 5.41) is 13.8. The number of amides is 1. The molecule has 0 saturated heterocycles. The molecule has 0 aliphatic carbocycles. The maximum absolute atomic E-state index is 12.2. The summed E-state index contributed by atoms with van der Waals surface area (Å²) >= 11 is 0. The zero-order valence-electron chi connectivity index (χ0n) is 16.1. The van der Waals surface area contributed by atoms with Gasteiger partial charge in [-0.2, -0.15) is 5.10 Å². The molecule has 2 aromatic carbocycles. The van der Waals surface area contributed by atoms with Crippen molar-refractivity contribution in [3.63, 3.8) is 0 Å². The Hall–Kier alpha value is -3.07. The molecule has 2 N–H and O–H groups in total. The van der Waals surface area contributed by atoms with Crippen molar-refractivity contribution in [3.05, 3.63) is 53.1 Å². The number of methoxy groups -OCH3 is 1. The van der Waals surface area contributed by atoms with Crippen molar-refractivity contribution in [2.75, 3.05) is 24.2 Å². The van der Waals surface area contributed by atoms with Crippen LogP contribution in [0.1, 0.15) is 16.7 Å². The highest BCUT2D eigenvalue weighted by atomic mass is 32.2. The second-order valence-corrected chi connectivity index (χ2v) is 8.14. The van der Waals surface area contributed by atoms with Gasteiger partial charge in [0.05, 0.1) is 25.3 Å². The quantitative estimate of drug-likeness (QED) is 0.541. The van der Waals surface area contributed by atoms with Crippen LogP contribution in [0.15, 0.2) is 41.5 Å². The summed E-state index contributed by atoms with van der Waals surface area (Å²) in [6.07, 6.45) is 2.28. The molecule has 0 aliphatic rings. The number of hydrogen-bond donors (Lipinski definition) is 2. The summed E-state index contributed by atoms with van der Waals surface area (Å²) in [6.45, 7) is 3.35. The van der Waals surface area contributed by atoms with Crippen LogP contribution in [0.3, 0.4) is 0 Å². The molecule has 2 aromatic rings. The summed E-state index contributed by atoms with van der Waals surface area (Å²) in [4.78, 5) is 12.2. The summed E-state index contributed by atoms with van der Waals surface area (Å²) in [7, 11) is -2.25. The highest BCUT2D eigenvalue weighted by molar-refractivity contribution is 7.92. The van der Waals surface area contributed by atoms with E-state index in [0.29, 0.717) is 11.3 Å². The number of nitrogens with zero attached hydrogens (tertiary/aromatic N) is 2. The summed E-state index contributed by atoms with van der Waals surface area (Å²) in [5.41, 5.74) is 4.94. The molecular formula is C19H23N3O5S. The molecule has 0 atom stereocenters. The van der Waals surface area contributed by atoms with Gasteiger partial charge >= 0.3 is 0 Å². The number of hydrazone groups is 1. The number of ether oxygens (including phenoxy) is 1. The number of para-hydroxylation sites is 1. The normalized spacial score (nSPS) is 11.4. The Morgan fingerprint density at radius 3 is 2.57 bits per heavy atom. The second-order valence-electron chi connectivity index (χ2n) is 6.23. The Balaban J connectivity index is 2.13. The van der Waals surface area contributed by atoms with Crippen LogP contribution in [0.2, 0.25) is 0 Å². The van der Waals surface area contributed by atoms with Crippen molar-refractivity contribution in [2.24, 2.45) is 5.10 Å². The van der Waals surface area contributed by atoms with E-state index in [1.165, 1.54) is 13.3 Å². The molecule has 0 radical (unpaired) electrons. The largest absolute Gasteiger partial charge is 0.504 e. The molecule has 0 aliphatic heterocycles. The van der Waals surface area contributed by atoms with Crippen LogP contribution in [0.25, 0.3) is 0 Å². The number of benzene rings is 2. The number of phenols is 1. The maximum atomic E-state index is 12.2. The van der Waals surface area contributed by atoms with Gasteiger partial charge in [0.1, 0.15) is 6.54 Å². The Morgan fingerprint density at radius 1 is 1.25 bits per heavy atom. The smallest absolute Gasteiger partial charge is 0.260 e. The molecule has 8 nitrogen and oxygen atoms in total. The van der Waals surface area contributed by atoms with Gasteiger partial charge in [0.15, 0.2) is 11.5 Å². The summed E-state index contributed by atoms with van der Waals surface area (Å²) in [5.74, 6) is -0.466. The van der Waals surface area contributed by atoms with Gasteiger partial charge in [0, 0.05) is 5.56 Å². The van der Waals surface area contributed by atoms with Gasteiger partial charge in [-0.25, -0.2) is 13.8 Å². The SMILES string of the molecule is COc1cccc(/C=N\NC(=O)CN(c2ccc(C)c(C)c2)S(C)(=O)=O)c1O. The Morgan fingerprint density at radius 2 is 1.96 bits per heavy atom. The average molecular weight is 405 g/mol. The number of anilines is 1. The Bertz CT molecular complexity index is 1000. The van der Waals surface area contributed by atoms with E-state index in [-0.39, 0.29) is 11.5 Å². The van der Waals surface area contributed by atoms with Gasteiger partial charge in [-0.1, -0.05) is 12.1 Å². The van der Waals surface area contributed by atoms with Gasteiger partial charge < -0.3 is 9.84 Å². The van der Waals surface area contributed by atoms with E-state index in [1.54, 1.807) is 36.4 Å². The average Bonchev–Trinajstić information content (AvgIpc) is 2.62. The van der Waals surface area contributed by atoms with Crippen LogP contribution < -0.4 is 14.5 Å². The van der Waals surface area contributed by atoms with Crippen molar-refractivity contribution in [3.8, 4) is 11.5 Å². The highest BCUT2D eigenvalue weighted by Crippen LogP contribution is 2.28. The maximum Gasteiger partial charge on any atom is 0.260 e. The molecule has 9 heteroatoms. The van der Waals surface area contributed by atoms with Crippen LogP contribution in [0.5, 0.6) is 11.5 Å². The van der Waals surface area contributed by atoms with Crippen molar-refractivity contribution >= 4 is 27.8 Å². The van der Waals surface area contributed by atoms with E-state index in [0.717, 1.165) is 21.7 Å². The lowest BCUT2D eigenvalue weighted by atomic mass is 10.1. The first-order valence-electron chi connectivity index (χ1n) is 8.36. The lowest BCUT2D eigenvalue weighted by Gasteiger charge is -2.22. The number of hydrogen-bond acceptors (Lipinski definition) is 6. The zero-order valence-corrected chi connectivity index (χ0v) is 16.9. The molecule has 28 heavy (non-hydrogen) atoms. The molecule has 0 heterocycles. The molecule has 150 valence electrons. The molecule has 0 unspecified atom stereocenters. The van der Waals surface area contributed by atoms with Crippen LogP contribution >= 0.6 is 0 Å². The second kappa shape index (κ2) is 8.75. The predicted molar refractivity (Wildman–Crippen MR) is 109 cm³/mol. The molecule has 1 amide bonds. The van der Waals surface area contributed by atoms with Crippen molar-refractivity contribution in [1.82, 2.24) is 5.43 Å². The van der Waals surface area contributed by atoms with Gasteiger partial charge in [0.2, 0.25) is 10.0 Å².